The zero-order valence-corrected chi connectivity index (χ0v) is 9.82. The Labute approximate surface area is 93.1 Å². The number of aliphatic hydroxyl groups excluding tert-OH is 1. The fourth-order valence-electron chi connectivity index (χ4n) is 1.87. The molecule has 15 heavy (non-hydrogen) atoms. The Balaban J connectivity index is 2.40. The Hall–Kier alpha value is -0.820. The topological polar surface area (TPSA) is 20.2 Å². The van der Waals surface area contributed by atoms with Gasteiger partial charge in [0, 0.05) is 0 Å². The molecule has 0 fully saturated rings. The number of aliphatic hydroxyl groups is 1. The van der Waals surface area contributed by atoms with Crippen LogP contribution in [-0.4, -0.2) is 11.2 Å². The predicted octanol–water partition coefficient (Wildman–Crippen LogP) is 3.42. The molecule has 0 radical (unpaired) electrons. The average molecular weight is 206 g/mol. The molecule has 0 saturated carbocycles. The van der Waals surface area contributed by atoms with Gasteiger partial charge in [-0.15, -0.1) is 0 Å². The van der Waals surface area contributed by atoms with E-state index in [-0.39, 0.29) is 6.10 Å². The highest BCUT2D eigenvalue weighted by Gasteiger charge is 2.08. The predicted molar refractivity (Wildman–Crippen MR) is 64.8 cm³/mol. The molecule has 0 bridgehead atoms. The first-order chi connectivity index (χ1) is 7.22. The number of benzene rings is 1. The highest BCUT2D eigenvalue weighted by molar-refractivity contribution is 5.15. The van der Waals surface area contributed by atoms with Crippen LogP contribution >= 0.6 is 0 Å². The van der Waals surface area contributed by atoms with Crippen molar-refractivity contribution in [3.63, 3.8) is 0 Å². The standard InChI is InChI=1S/C14H22O/c1-3-13(10-9-12(2)15)11-14-7-5-4-6-8-14/h4-8,12-13,15H,3,9-11H2,1-2H3. The van der Waals surface area contributed by atoms with Crippen molar-refractivity contribution in [1.29, 1.82) is 0 Å². The molecular formula is C14H22O. The zero-order chi connectivity index (χ0) is 11.1. The molecule has 1 heteroatoms. The van der Waals surface area contributed by atoms with E-state index in [0.717, 1.165) is 19.3 Å². The normalized spacial score (nSPS) is 14.9. The molecule has 2 unspecified atom stereocenters. The lowest BCUT2D eigenvalue weighted by Gasteiger charge is -2.15. The van der Waals surface area contributed by atoms with E-state index in [1.165, 1.54) is 12.0 Å². The molecular weight excluding hydrogens is 184 g/mol. The van der Waals surface area contributed by atoms with Gasteiger partial charge in [-0.2, -0.15) is 0 Å². The summed E-state index contributed by atoms with van der Waals surface area (Å²) in [6.45, 7) is 4.10. The second kappa shape index (κ2) is 6.62. The van der Waals surface area contributed by atoms with Gasteiger partial charge in [0.05, 0.1) is 6.10 Å². The molecule has 0 spiro atoms. The maximum absolute atomic E-state index is 9.26. The Morgan fingerprint density at radius 1 is 1.13 bits per heavy atom. The number of rotatable bonds is 6. The maximum Gasteiger partial charge on any atom is 0.0512 e. The van der Waals surface area contributed by atoms with Crippen LogP contribution in [0.5, 0.6) is 0 Å². The van der Waals surface area contributed by atoms with Crippen LogP contribution in [-0.2, 0) is 6.42 Å². The summed E-state index contributed by atoms with van der Waals surface area (Å²) in [6.07, 6.45) is 4.23. The fourth-order valence-corrected chi connectivity index (χ4v) is 1.87. The minimum absolute atomic E-state index is 0.158. The van der Waals surface area contributed by atoms with Crippen LogP contribution in [0.15, 0.2) is 30.3 Å². The molecule has 0 amide bonds. The van der Waals surface area contributed by atoms with Crippen molar-refractivity contribution in [2.75, 3.05) is 0 Å². The minimum Gasteiger partial charge on any atom is -0.393 e. The van der Waals surface area contributed by atoms with E-state index in [0.29, 0.717) is 5.92 Å². The van der Waals surface area contributed by atoms with Crippen LogP contribution in [0.25, 0.3) is 0 Å². The van der Waals surface area contributed by atoms with Crippen LogP contribution in [0.4, 0.5) is 0 Å². The molecule has 0 aromatic heterocycles. The second-order valence-electron chi connectivity index (χ2n) is 4.39. The van der Waals surface area contributed by atoms with Crippen LogP contribution in [0, 0.1) is 5.92 Å². The number of hydrogen-bond acceptors (Lipinski definition) is 1. The van der Waals surface area contributed by atoms with Crippen molar-refractivity contribution >= 4 is 0 Å². The maximum atomic E-state index is 9.26. The lowest BCUT2D eigenvalue weighted by molar-refractivity contribution is 0.172. The van der Waals surface area contributed by atoms with Gasteiger partial charge in [-0.05, 0) is 37.7 Å². The Morgan fingerprint density at radius 2 is 1.80 bits per heavy atom. The molecule has 1 rings (SSSR count). The van der Waals surface area contributed by atoms with E-state index in [2.05, 4.69) is 37.3 Å². The summed E-state index contributed by atoms with van der Waals surface area (Å²) >= 11 is 0. The van der Waals surface area contributed by atoms with E-state index in [1.54, 1.807) is 0 Å². The van der Waals surface area contributed by atoms with Crippen molar-refractivity contribution in [2.45, 2.75) is 45.6 Å². The van der Waals surface area contributed by atoms with E-state index in [9.17, 15) is 5.11 Å². The summed E-state index contributed by atoms with van der Waals surface area (Å²) < 4.78 is 0. The summed E-state index contributed by atoms with van der Waals surface area (Å²) in [6, 6.07) is 10.6. The molecule has 0 aliphatic carbocycles. The van der Waals surface area contributed by atoms with Crippen LogP contribution in [0.2, 0.25) is 0 Å². The fraction of sp³-hybridized carbons (Fsp3) is 0.571. The van der Waals surface area contributed by atoms with Gasteiger partial charge in [-0.3, -0.25) is 0 Å². The van der Waals surface area contributed by atoms with Gasteiger partial charge < -0.3 is 5.11 Å². The first-order valence-corrected chi connectivity index (χ1v) is 5.94. The molecule has 1 aromatic carbocycles. The van der Waals surface area contributed by atoms with Crippen molar-refractivity contribution < 1.29 is 5.11 Å². The van der Waals surface area contributed by atoms with Crippen molar-refractivity contribution in [3.8, 4) is 0 Å². The molecule has 84 valence electrons. The first kappa shape index (κ1) is 12.3. The van der Waals surface area contributed by atoms with Gasteiger partial charge >= 0.3 is 0 Å². The SMILES string of the molecule is CCC(CCC(C)O)Cc1ccccc1. The molecule has 0 heterocycles. The summed E-state index contributed by atoms with van der Waals surface area (Å²) in [5.41, 5.74) is 1.41. The Bertz CT molecular complexity index is 253. The van der Waals surface area contributed by atoms with Gasteiger partial charge in [0.15, 0.2) is 0 Å². The summed E-state index contributed by atoms with van der Waals surface area (Å²) in [5.74, 6) is 0.710. The van der Waals surface area contributed by atoms with Gasteiger partial charge in [-0.25, -0.2) is 0 Å². The second-order valence-corrected chi connectivity index (χ2v) is 4.39. The lowest BCUT2D eigenvalue weighted by atomic mass is 9.92. The van der Waals surface area contributed by atoms with Crippen LogP contribution < -0.4 is 0 Å². The highest BCUT2D eigenvalue weighted by Crippen LogP contribution is 2.18. The number of hydrogen-bond donors (Lipinski definition) is 1. The van der Waals surface area contributed by atoms with E-state index < -0.39 is 0 Å². The molecule has 0 aliphatic heterocycles. The first-order valence-electron chi connectivity index (χ1n) is 5.94. The van der Waals surface area contributed by atoms with Crippen LogP contribution in [0.3, 0.4) is 0 Å². The van der Waals surface area contributed by atoms with Gasteiger partial charge in [-0.1, -0.05) is 43.7 Å². The average Bonchev–Trinajstić information content (AvgIpc) is 2.25. The van der Waals surface area contributed by atoms with Crippen molar-refractivity contribution in [1.82, 2.24) is 0 Å². The molecule has 0 saturated heterocycles. The third-order valence-corrected chi connectivity index (χ3v) is 2.94. The Morgan fingerprint density at radius 3 is 2.33 bits per heavy atom. The van der Waals surface area contributed by atoms with Gasteiger partial charge in [0.25, 0.3) is 0 Å². The molecule has 0 aliphatic rings. The molecule has 1 nitrogen and oxygen atoms in total. The quantitative estimate of drug-likeness (QED) is 0.756. The smallest absolute Gasteiger partial charge is 0.0512 e. The summed E-state index contributed by atoms with van der Waals surface area (Å²) in [5, 5.41) is 9.26. The summed E-state index contributed by atoms with van der Waals surface area (Å²) in [7, 11) is 0. The van der Waals surface area contributed by atoms with Crippen molar-refractivity contribution in [3.05, 3.63) is 35.9 Å². The minimum atomic E-state index is -0.158. The Kier molecular flexibility index (Phi) is 5.41. The van der Waals surface area contributed by atoms with Gasteiger partial charge in [0.2, 0.25) is 0 Å². The summed E-state index contributed by atoms with van der Waals surface area (Å²) in [4.78, 5) is 0. The van der Waals surface area contributed by atoms with E-state index in [1.807, 2.05) is 6.92 Å². The zero-order valence-electron chi connectivity index (χ0n) is 9.82. The van der Waals surface area contributed by atoms with E-state index in [4.69, 9.17) is 0 Å². The molecule has 1 aromatic rings. The lowest BCUT2D eigenvalue weighted by Crippen LogP contribution is -2.08. The van der Waals surface area contributed by atoms with Gasteiger partial charge in [0.1, 0.15) is 0 Å². The molecule has 1 N–H and O–H groups in total. The van der Waals surface area contributed by atoms with Crippen molar-refractivity contribution in [2.24, 2.45) is 5.92 Å². The highest BCUT2D eigenvalue weighted by atomic mass is 16.3. The third-order valence-electron chi connectivity index (χ3n) is 2.94. The monoisotopic (exact) mass is 206 g/mol. The third kappa shape index (κ3) is 4.98. The van der Waals surface area contributed by atoms with E-state index >= 15 is 0 Å². The largest absolute Gasteiger partial charge is 0.393 e. The van der Waals surface area contributed by atoms with Crippen LogP contribution in [0.1, 0.15) is 38.7 Å². The molecule has 2 atom stereocenters.